The van der Waals surface area contributed by atoms with Crippen molar-refractivity contribution >= 4 is 17.2 Å². The van der Waals surface area contributed by atoms with Gasteiger partial charge in [-0.1, -0.05) is 12.2 Å². The topological polar surface area (TPSA) is 57.4 Å². The molecule has 0 bridgehead atoms. The van der Waals surface area contributed by atoms with Crippen LogP contribution in [0.3, 0.4) is 0 Å². The Labute approximate surface area is 117 Å². The molecule has 0 spiro atoms. The van der Waals surface area contributed by atoms with Gasteiger partial charge >= 0.3 is 0 Å². The van der Waals surface area contributed by atoms with Crippen LogP contribution < -0.4 is 15.2 Å². The summed E-state index contributed by atoms with van der Waals surface area (Å²) in [6, 6.07) is 10.9. The van der Waals surface area contributed by atoms with Crippen molar-refractivity contribution in [1.29, 1.82) is 0 Å². The molecule has 0 unspecified atom stereocenters. The molecular formula is C14H14N2O2S. The van der Waals surface area contributed by atoms with Gasteiger partial charge in [-0.2, -0.15) is 0 Å². The van der Waals surface area contributed by atoms with E-state index < -0.39 is 0 Å². The summed E-state index contributed by atoms with van der Waals surface area (Å²) in [5.41, 5.74) is 6.08. The lowest BCUT2D eigenvalue weighted by Gasteiger charge is -2.09. The fraction of sp³-hybridized carbons (Fsp3) is 0.143. The van der Waals surface area contributed by atoms with Gasteiger partial charge in [0.2, 0.25) is 0 Å². The zero-order chi connectivity index (χ0) is 13.7. The van der Waals surface area contributed by atoms with Crippen LogP contribution >= 0.6 is 12.2 Å². The van der Waals surface area contributed by atoms with Crippen LogP contribution in [-0.2, 0) is 0 Å². The second-order valence-corrected chi connectivity index (χ2v) is 4.16. The van der Waals surface area contributed by atoms with Crippen molar-refractivity contribution in [3.8, 4) is 17.2 Å². The third-order valence-electron chi connectivity index (χ3n) is 2.37. The summed E-state index contributed by atoms with van der Waals surface area (Å²) in [5.74, 6) is 2.02. The van der Waals surface area contributed by atoms with Gasteiger partial charge in [-0.3, -0.25) is 0 Å². The molecule has 0 aliphatic rings. The number of thiocarbonyl (C=S) groups is 1. The number of benzene rings is 1. The lowest BCUT2D eigenvalue weighted by molar-refractivity contribution is 0.339. The molecular weight excluding hydrogens is 260 g/mol. The van der Waals surface area contributed by atoms with Gasteiger partial charge in [-0.05, 0) is 43.3 Å². The quantitative estimate of drug-likeness (QED) is 0.850. The van der Waals surface area contributed by atoms with E-state index in [2.05, 4.69) is 4.98 Å². The van der Waals surface area contributed by atoms with Crippen molar-refractivity contribution < 1.29 is 9.47 Å². The van der Waals surface area contributed by atoms with Gasteiger partial charge in [0.25, 0.3) is 0 Å². The third-order valence-corrected chi connectivity index (χ3v) is 2.56. The van der Waals surface area contributed by atoms with Crippen molar-refractivity contribution in [2.45, 2.75) is 6.92 Å². The second-order valence-electron chi connectivity index (χ2n) is 3.72. The van der Waals surface area contributed by atoms with Crippen LogP contribution in [0.1, 0.15) is 12.6 Å². The molecule has 0 saturated carbocycles. The summed E-state index contributed by atoms with van der Waals surface area (Å²) in [7, 11) is 0. The van der Waals surface area contributed by atoms with E-state index in [0.29, 0.717) is 23.8 Å². The van der Waals surface area contributed by atoms with E-state index in [1.165, 1.54) is 0 Å². The number of nitrogens with two attached hydrogens (primary N) is 1. The Kier molecular flexibility index (Phi) is 4.30. The summed E-state index contributed by atoms with van der Waals surface area (Å²) in [5, 5.41) is 0. The maximum absolute atomic E-state index is 5.72. The van der Waals surface area contributed by atoms with E-state index in [-0.39, 0.29) is 4.99 Å². The second kappa shape index (κ2) is 6.15. The molecule has 0 amide bonds. The number of hydrogen-bond donors (Lipinski definition) is 1. The van der Waals surface area contributed by atoms with E-state index in [0.717, 1.165) is 5.75 Å². The van der Waals surface area contributed by atoms with Crippen molar-refractivity contribution in [3.05, 3.63) is 48.3 Å². The van der Waals surface area contributed by atoms with Gasteiger partial charge in [0, 0.05) is 6.20 Å². The maximum Gasteiger partial charge on any atom is 0.156 e. The largest absolute Gasteiger partial charge is 0.494 e. The summed E-state index contributed by atoms with van der Waals surface area (Å²) in [6.45, 7) is 2.57. The molecule has 2 N–H and O–H groups in total. The van der Waals surface area contributed by atoms with Crippen LogP contribution in [0.4, 0.5) is 0 Å². The van der Waals surface area contributed by atoms with E-state index in [1.54, 1.807) is 18.3 Å². The monoisotopic (exact) mass is 274 g/mol. The van der Waals surface area contributed by atoms with Gasteiger partial charge in [0.15, 0.2) is 5.75 Å². The minimum absolute atomic E-state index is 0.210. The lowest BCUT2D eigenvalue weighted by atomic mass is 10.3. The highest BCUT2D eigenvalue weighted by Gasteiger charge is 2.08. The van der Waals surface area contributed by atoms with Crippen molar-refractivity contribution in [3.63, 3.8) is 0 Å². The van der Waals surface area contributed by atoms with E-state index in [1.807, 2.05) is 31.2 Å². The summed E-state index contributed by atoms with van der Waals surface area (Å²) in [4.78, 5) is 4.32. The highest BCUT2D eigenvalue weighted by molar-refractivity contribution is 7.80. The Morgan fingerprint density at radius 1 is 1.21 bits per heavy atom. The van der Waals surface area contributed by atoms with Gasteiger partial charge < -0.3 is 15.2 Å². The number of hydrogen-bond acceptors (Lipinski definition) is 4. The number of rotatable bonds is 5. The predicted molar refractivity (Wildman–Crippen MR) is 77.8 cm³/mol. The Hall–Kier alpha value is -2.14. The molecule has 19 heavy (non-hydrogen) atoms. The average Bonchev–Trinajstić information content (AvgIpc) is 2.42. The van der Waals surface area contributed by atoms with Crippen LogP contribution in [0.25, 0.3) is 0 Å². The number of nitrogens with zero attached hydrogens (tertiary/aromatic N) is 1. The molecule has 1 aromatic heterocycles. The molecule has 98 valence electrons. The van der Waals surface area contributed by atoms with E-state index in [4.69, 9.17) is 27.4 Å². The fourth-order valence-corrected chi connectivity index (χ4v) is 1.71. The maximum atomic E-state index is 5.72. The predicted octanol–water partition coefficient (Wildman–Crippen LogP) is 2.91. The molecule has 5 heteroatoms. The molecule has 0 aliphatic heterocycles. The minimum Gasteiger partial charge on any atom is -0.494 e. The number of pyridine rings is 1. The average molecular weight is 274 g/mol. The van der Waals surface area contributed by atoms with Crippen LogP contribution in [0.2, 0.25) is 0 Å². The van der Waals surface area contributed by atoms with Crippen molar-refractivity contribution in [1.82, 2.24) is 4.98 Å². The lowest BCUT2D eigenvalue weighted by Crippen LogP contribution is -2.12. The zero-order valence-electron chi connectivity index (χ0n) is 10.5. The van der Waals surface area contributed by atoms with Crippen LogP contribution in [-0.4, -0.2) is 16.6 Å². The first kappa shape index (κ1) is 13.3. The number of ether oxygens (including phenoxy) is 2. The molecule has 0 fully saturated rings. The third kappa shape index (κ3) is 3.42. The molecule has 1 aromatic carbocycles. The Bertz CT molecular complexity index is 570. The normalized spacial score (nSPS) is 9.95. The van der Waals surface area contributed by atoms with Crippen molar-refractivity contribution in [2.75, 3.05) is 6.61 Å². The van der Waals surface area contributed by atoms with E-state index >= 15 is 0 Å². The Morgan fingerprint density at radius 2 is 1.89 bits per heavy atom. The molecule has 0 saturated heterocycles. The summed E-state index contributed by atoms with van der Waals surface area (Å²) in [6.07, 6.45) is 1.62. The molecule has 2 aromatic rings. The van der Waals surface area contributed by atoms with E-state index in [9.17, 15) is 0 Å². The summed E-state index contributed by atoms with van der Waals surface area (Å²) >= 11 is 4.94. The highest BCUT2D eigenvalue weighted by atomic mass is 32.1. The number of aromatic nitrogens is 1. The molecule has 0 aliphatic carbocycles. The van der Waals surface area contributed by atoms with Gasteiger partial charge in [0.1, 0.15) is 22.2 Å². The first-order chi connectivity index (χ1) is 9.20. The van der Waals surface area contributed by atoms with Gasteiger partial charge in [-0.25, -0.2) is 4.98 Å². The highest BCUT2D eigenvalue weighted by Crippen LogP contribution is 2.25. The van der Waals surface area contributed by atoms with Gasteiger partial charge in [0.05, 0.1) is 6.61 Å². The first-order valence-corrected chi connectivity index (χ1v) is 6.27. The Morgan fingerprint density at radius 3 is 2.53 bits per heavy atom. The molecule has 4 nitrogen and oxygen atoms in total. The molecule has 0 radical (unpaired) electrons. The SMILES string of the molecule is CCOc1ccc(Oc2cccnc2C(N)=S)cc1. The zero-order valence-corrected chi connectivity index (χ0v) is 11.3. The molecule has 2 rings (SSSR count). The smallest absolute Gasteiger partial charge is 0.156 e. The van der Waals surface area contributed by atoms with Crippen LogP contribution in [0, 0.1) is 0 Å². The standard InChI is InChI=1S/C14H14N2O2S/c1-2-17-10-5-7-11(8-6-10)18-12-4-3-9-16-13(12)14(15)19/h3-9H,2H2,1H3,(H2,15,19). The first-order valence-electron chi connectivity index (χ1n) is 5.86. The summed E-state index contributed by atoms with van der Waals surface area (Å²) < 4.78 is 11.1. The fourth-order valence-electron chi connectivity index (χ4n) is 1.56. The van der Waals surface area contributed by atoms with Crippen LogP contribution in [0.5, 0.6) is 17.2 Å². The van der Waals surface area contributed by atoms with Gasteiger partial charge in [-0.15, -0.1) is 0 Å². The van der Waals surface area contributed by atoms with Crippen molar-refractivity contribution in [2.24, 2.45) is 5.73 Å². The Balaban J connectivity index is 2.19. The molecule has 1 heterocycles. The van der Waals surface area contributed by atoms with Crippen LogP contribution in [0.15, 0.2) is 42.6 Å². The minimum atomic E-state index is 0.210. The molecule has 0 atom stereocenters.